The van der Waals surface area contributed by atoms with Gasteiger partial charge in [-0.2, -0.15) is 0 Å². The Bertz CT molecular complexity index is 557. The second kappa shape index (κ2) is 6.29. The van der Waals surface area contributed by atoms with Crippen molar-refractivity contribution in [1.82, 2.24) is 5.32 Å². The summed E-state index contributed by atoms with van der Waals surface area (Å²) in [5.41, 5.74) is 1.50. The third-order valence-corrected chi connectivity index (χ3v) is 2.99. The van der Waals surface area contributed by atoms with Gasteiger partial charge in [0.2, 0.25) is 0 Å². The van der Waals surface area contributed by atoms with E-state index in [1.165, 1.54) is 6.07 Å². The monoisotopic (exact) mass is 274 g/mol. The van der Waals surface area contributed by atoms with Crippen LogP contribution in [-0.4, -0.2) is 5.11 Å². The van der Waals surface area contributed by atoms with Gasteiger partial charge in [0.25, 0.3) is 0 Å². The van der Waals surface area contributed by atoms with Crippen molar-refractivity contribution in [2.75, 3.05) is 5.32 Å². The molecule has 4 heteroatoms. The first kappa shape index (κ1) is 13.5. The minimum Gasteiger partial charge on any atom is -0.356 e. The van der Waals surface area contributed by atoms with E-state index in [4.69, 9.17) is 12.2 Å². The largest absolute Gasteiger partial charge is 0.356 e. The molecule has 98 valence electrons. The zero-order chi connectivity index (χ0) is 13.7. The molecule has 2 rings (SSSR count). The molecular formula is C15H15FN2S. The van der Waals surface area contributed by atoms with Crippen molar-refractivity contribution in [2.45, 2.75) is 13.0 Å². The standard InChI is InChI=1S/C15H15FN2S/c1-11(12-7-3-2-4-8-12)17-15(19)18-14-10-6-5-9-13(14)16/h2-11H,1H3,(H2,17,18,19). The van der Waals surface area contributed by atoms with Crippen LogP contribution in [0.2, 0.25) is 0 Å². The molecule has 1 atom stereocenters. The van der Waals surface area contributed by atoms with Gasteiger partial charge in [0, 0.05) is 0 Å². The third-order valence-electron chi connectivity index (χ3n) is 2.77. The van der Waals surface area contributed by atoms with Crippen LogP contribution in [0.1, 0.15) is 18.5 Å². The van der Waals surface area contributed by atoms with E-state index in [1.807, 2.05) is 37.3 Å². The zero-order valence-corrected chi connectivity index (χ0v) is 11.4. The molecular weight excluding hydrogens is 259 g/mol. The van der Waals surface area contributed by atoms with Crippen LogP contribution in [0.25, 0.3) is 0 Å². The van der Waals surface area contributed by atoms with Gasteiger partial charge < -0.3 is 10.6 Å². The highest BCUT2D eigenvalue weighted by Crippen LogP contribution is 2.14. The molecule has 2 N–H and O–H groups in total. The van der Waals surface area contributed by atoms with Crippen molar-refractivity contribution in [1.29, 1.82) is 0 Å². The molecule has 0 saturated carbocycles. The van der Waals surface area contributed by atoms with E-state index >= 15 is 0 Å². The van der Waals surface area contributed by atoms with Crippen molar-refractivity contribution >= 4 is 23.0 Å². The highest BCUT2D eigenvalue weighted by Gasteiger charge is 2.07. The van der Waals surface area contributed by atoms with E-state index in [0.29, 0.717) is 10.8 Å². The van der Waals surface area contributed by atoms with Crippen LogP contribution in [0.15, 0.2) is 54.6 Å². The lowest BCUT2D eigenvalue weighted by Crippen LogP contribution is -2.31. The fraction of sp³-hybridized carbons (Fsp3) is 0.133. The first-order valence-electron chi connectivity index (χ1n) is 6.04. The van der Waals surface area contributed by atoms with Crippen LogP contribution in [0.5, 0.6) is 0 Å². The van der Waals surface area contributed by atoms with Crippen molar-refractivity contribution in [3.05, 3.63) is 66.0 Å². The topological polar surface area (TPSA) is 24.1 Å². The summed E-state index contributed by atoms with van der Waals surface area (Å²) in [5, 5.41) is 6.39. The number of anilines is 1. The van der Waals surface area contributed by atoms with Crippen molar-refractivity contribution in [3.63, 3.8) is 0 Å². The Balaban J connectivity index is 1.97. The molecule has 0 aliphatic rings. The summed E-state index contributed by atoms with van der Waals surface area (Å²) in [6.07, 6.45) is 0. The smallest absolute Gasteiger partial charge is 0.171 e. The SMILES string of the molecule is CC(NC(=S)Nc1ccccc1F)c1ccccc1. The maximum absolute atomic E-state index is 13.5. The van der Waals surface area contributed by atoms with E-state index in [2.05, 4.69) is 10.6 Å². The average molecular weight is 274 g/mol. The van der Waals surface area contributed by atoms with E-state index in [-0.39, 0.29) is 11.9 Å². The van der Waals surface area contributed by atoms with Gasteiger partial charge in [0.1, 0.15) is 5.82 Å². The second-order valence-electron chi connectivity index (χ2n) is 4.21. The van der Waals surface area contributed by atoms with Crippen molar-refractivity contribution in [2.24, 2.45) is 0 Å². The van der Waals surface area contributed by atoms with Gasteiger partial charge in [-0.05, 0) is 36.8 Å². The molecule has 0 aromatic heterocycles. The summed E-state index contributed by atoms with van der Waals surface area (Å²) >= 11 is 5.18. The summed E-state index contributed by atoms with van der Waals surface area (Å²) in [4.78, 5) is 0. The lowest BCUT2D eigenvalue weighted by molar-refractivity contribution is 0.631. The predicted molar refractivity (Wildman–Crippen MR) is 80.6 cm³/mol. The molecule has 2 nitrogen and oxygen atoms in total. The fourth-order valence-corrected chi connectivity index (χ4v) is 2.03. The molecule has 0 fully saturated rings. The van der Waals surface area contributed by atoms with E-state index in [9.17, 15) is 4.39 Å². The highest BCUT2D eigenvalue weighted by atomic mass is 32.1. The molecule has 2 aromatic carbocycles. The number of para-hydroxylation sites is 1. The summed E-state index contributed by atoms with van der Waals surface area (Å²) in [5.74, 6) is -0.320. The maximum Gasteiger partial charge on any atom is 0.171 e. The van der Waals surface area contributed by atoms with Crippen molar-refractivity contribution < 1.29 is 4.39 Å². The molecule has 0 bridgehead atoms. The molecule has 0 aliphatic carbocycles. The van der Waals surface area contributed by atoms with E-state index in [0.717, 1.165) is 5.56 Å². The van der Waals surface area contributed by atoms with Gasteiger partial charge in [-0.1, -0.05) is 42.5 Å². The van der Waals surface area contributed by atoms with E-state index in [1.54, 1.807) is 18.2 Å². The lowest BCUT2D eigenvalue weighted by atomic mass is 10.1. The Morgan fingerprint density at radius 3 is 2.37 bits per heavy atom. The van der Waals surface area contributed by atoms with Crippen LogP contribution < -0.4 is 10.6 Å². The number of benzene rings is 2. The van der Waals surface area contributed by atoms with Crippen LogP contribution in [0, 0.1) is 5.82 Å². The number of rotatable bonds is 3. The molecule has 0 aliphatic heterocycles. The van der Waals surface area contributed by atoms with Crippen LogP contribution in [0.3, 0.4) is 0 Å². The quantitative estimate of drug-likeness (QED) is 0.831. The summed E-state index contributed by atoms with van der Waals surface area (Å²) in [7, 11) is 0. The Morgan fingerprint density at radius 1 is 1.05 bits per heavy atom. The number of hydrogen-bond acceptors (Lipinski definition) is 1. The summed E-state index contributed by atoms with van der Waals surface area (Å²) in [6, 6.07) is 16.5. The molecule has 2 aromatic rings. The fourth-order valence-electron chi connectivity index (χ4n) is 1.74. The molecule has 0 heterocycles. The van der Waals surface area contributed by atoms with Gasteiger partial charge >= 0.3 is 0 Å². The molecule has 19 heavy (non-hydrogen) atoms. The second-order valence-corrected chi connectivity index (χ2v) is 4.62. The third kappa shape index (κ3) is 3.76. The zero-order valence-electron chi connectivity index (χ0n) is 10.6. The maximum atomic E-state index is 13.5. The van der Waals surface area contributed by atoms with Gasteiger partial charge in [-0.25, -0.2) is 4.39 Å². The summed E-state index contributed by atoms with van der Waals surface area (Å²) in [6.45, 7) is 2.00. The van der Waals surface area contributed by atoms with E-state index < -0.39 is 0 Å². The van der Waals surface area contributed by atoms with Gasteiger partial charge in [0.15, 0.2) is 5.11 Å². The minimum absolute atomic E-state index is 0.0629. The first-order valence-corrected chi connectivity index (χ1v) is 6.44. The summed E-state index contributed by atoms with van der Waals surface area (Å²) < 4.78 is 13.5. The molecule has 1 unspecified atom stereocenters. The van der Waals surface area contributed by atoms with Gasteiger partial charge in [-0.3, -0.25) is 0 Å². The Morgan fingerprint density at radius 2 is 1.68 bits per heavy atom. The number of nitrogens with one attached hydrogen (secondary N) is 2. The molecule has 0 radical (unpaired) electrons. The Labute approximate surface area is 117 Å². The highest BCUT2D eigenvalue weighted by molar-refractivity contribution is 7.80. The van der Waals surface area contributed by atoms with Crippen LogP contribution in [-0.2, 0) is 0 Å². The molecule has 0 saturated heterocycles. The molecule has 0 spiro atoms. The normalized spacial score (nSPS) is 11.7. The van der Waals surface area contributed by atoms with Crippen LogP contribution in [0.4, 0.5) is 10.1 Å². The Kier molecular flexibility index (Phi) is 4.47. The van der Waals surface area contributed by atoms with Gasteiger partial charge in [-0.15, -0.1) is 0 Å². The number of halogens is 1. The molecule has 0 amide bonds. The Hall–Kier alpha value is -1.94. The number of thiocarbonyl (C=S) groups is 1. The van der Waals surface area contributed by atoms with Gasteiger partial charge in [0.05, 0.1) is 11.7 Å². The minimum atomic E-state index is -0.320. The van der Waals surface area contributed by atoms with Crippen LogP contribution >= 0.6 is 12.2 Å². The predicted octanol–water partition coefficient (Wildman–Crippen LogP) is 3.87. The first-order chi connectivity index (χ1) is 9.16. The average Bonchev–Trinajstić information content (AvgIpc) is 2.42. The van der Waals surface area contributed by atoms with Crippen molar-refractivity contribution in [3.8, 4) is 0 Å². The lowest BCUT2D eigenvalue weighted by Gasteiger charge is -2.17. The number of hydrogen-bond donors (Lipinski definition) is 2.